The third kappa shape index (κ3) is 2.83. The monoisotopic (exact) mass is 305 g/mol. The number of piperazine rings is 1. The summed E-state index contributed by atoms with van der Waals surface area (Å²) in [6.45, 7) is 4.87. The zero-order valence-electron chi connectivity index (χ0n) is 12.9. The van der Waals surface area contributed by atoms with Gasteiger partial charge in [-0.3, -0.25) is 4.79 Å². The second kappa shape index (κ2) is 5.68. The molecule has 0 aliphatic carbocycles. The minimum Gasteiger partial charge on any atom is -0.379 e. The van der Waals surface area contributed by atoms with Gasteiger partial charge in [0.1, 0.15) is 5.82 Å². The molecule has 0 spiro atoms. The van der Waals surface area contributed by atoms with Crippen LogP contribution in [0.2, 0.25) is 0 Å². The summed E-state index contributed by atoms with van der Waals surface area (Å²) < 4.78 is 13.3. The Bertz CT molecular complexity index is 611. The molecule has 5 nitrogen and oxygen atoms in total. The molecular weight excluding hydrogens is 285 g/mol. The van der Waals surface area contributed by atoms with E-state index in [1.54, 1.807) is 19.1 Å². The average molecular weight is 305 g/mol. The maximum Gasteiger partial charge on any atom is 0.269 e. The molecule has 1 amide bonds. The lowest BCUT2D eigenvalue weighted by atomic mass is 9.94. The molecule has 118 valence electrons. The van der Waals surface area contributed by atoms with Gasteiger partial charge in [0.25, 0.3) is 5.91 Å². The lowest BCUT2D eigenvalue weighted by molar-refractivity contribution is -0.154. The van der Waals surface area contributed by atoms with Crippen LogP contribution in [-0.4, -0.2) is 60.2 Å². The Hall–Kier alpha value is -1.95. The van der Waals surface area contributed by atoms with E-state index < -0.39 is 5.60 Å². The molecule has 3 rings (SSSR count). The van der Waals surface area contributed by atoms with Crippen LogP contribution < -0.4 is 0 Å². The van der Waals surface area contributed by atoms with Crippen LogP contribution in [0, 0.1) is 5.82 Å². The molecule has 6 heteroatoms. The van der Waals surface area contributed by atoms with Crippen LogP contribution >= 0.6 is 0 Å². The highest BCUT2D eigenvalue weighted by atomic mass is 19.1. The molecule has 2 aliphatic heterocycles. The Labute approximate surface area is 129 Å². The molecule has 0 bridgehead atoms. The lowest BCUT2D eigenvalue weighted by Crippen LogP contribution is -2.54. The molecule has 2 aliphatic rings. The predicted molar refractivity (Wildman–Crippen MR) is 81.1 cm³/mol. The van der Waals surface area contributed by atoms with Gasteiger partial charge < -0.3 is 14.6 Å². The minimum atomic E-state index is -0.989. The van der Waals surface area contributed by atoms with Crippen LogP contribution in [0.4, 0.5) is 4.39 Å². The van der Waals surface area contributed by atoms with E-state index in [4.69, 9.17) is 4.84 Å². The molecule has 1 aromatic rings. The number of hydrogen-bond donors (Lipinski definition) is 0. The minimum absolute atomic E-state index is 0.0456. The van der Waals surface area contributed by atoms with Crippen LogP contribution in [0.1, 0.15) is 18.9 Å². The lowest BCUT2D eigenvalue weighted by Gasteiger charge is -2.36. The van der Waals surface area contributed by atoms with Gasteiger partial charge >= 0.3 is 0 Å². The number of hydrogen-bond acceptors (Lipinski definition) is 4. The van der Waals surface area contributed by atoms with E-state index in [0.29, 0.717) is 30.8 Å². The van der Waals surface area contributed by atoms with Gasteiger partial charge in [0.15, 0.2) is 0 Å². The molecule has 1 atom stereocenters. The topological polar surface area (TPSA) is 45.1 Å². The van der Waals surface area contributed by atoms with Crippen LogP contribution in [-0.2, 0) is 9.63 Å². The Morgan fingerprint density at radius 3 is 2.73 bits per heavy atom. The molecule has 0 aromatic heterocycles. The van der Waals surface area contributed by atoms with Gasteiger partial charge in [-0.2, -0.15) is 0 Å². The summed E-state index contributed by atoms with van der Waals surface area (Å²) in [5.41, 5.74) is 0.289. The van der Waals surface area contributed by atoms with Crippen molar-refractivity contribution in [2.24, 2.45) is 5.16 Å². The first-order valence-electron chi connectivity index (χ1n) is 7.47. The normalized spacial score (nSPS) is 25.8. The Morgan fingerprint density at radius 1 is 1.32 bits per heavy atom. The quantitative estimate of drug-likeness (QED) is 0.831. The Balaban J connectivity index is 1.70. The van der Waals surface area contributed by atoms with Crippen molar-refractivity contribution in [3.63, 3.8) is 0 Å². The van der Waals surface area contributed by atoms with Crippen molar-refractivity contribution in [2.75, 3.05) is 33.2 Å². The molecular formula is C16H20FN3O2. The summed E-state index contributed by atoms with van der Waals surface area (Å²) in [6.07, 6.45) is 0.363. The molecule has 0 N–H and O–H groups in total. The van der Waals surface area contributed by atoms with Crippen LogP contribution in [0.25, 0.3) is 0 Å². The highest BCUT2D eigenvalue weighted by Gasteiger charge is 2.45. The van der Waals surface area contributed by atoms with Gasteiger partial charge in [0.2, 0.25) is 5.60 Å². The summed E-state index contributed by atoms with van der Waals surface area (Å²) in [7, 11) is 2.04. The van der Waals surface area contributed by atoms with Gasteiger partial charge in [-0.1, -0.05) is 17.3 Å². The maximum atomic E-state index is 13.3. The van der Waals surface area contributed by atoms with Crippen molar-refractivity contribution >= 4 is 11.6 Å². The number of halogens is 1. The summed E-state index contributed by atoms with van der Waals surface area (Å²) in [4.78, 5) is 22.2. The van der Waals surface area contributed by atoms with Crippen LogP contribution in [0.5, 0.6) is 0 Å². The predicted octanol–water partition coefficient (Wildman–Crippen LogP) is 1.48. The molecule has 0 saturated carbocycles. The first-order valence-corrected chi connectivity index (χ1v) is 7.47. The fraction of sp³-hybridized carbons (Fsp3) is 0.500. The molecule has 1 aromatic carbocycles. The number of amides is 1. The summed E-state index contributed by atoms with van der Waals surface area (Å²) in [5.74, 6) is -0.366. The van der Waals surface area contributed by atoms with E-state index in [0.717, 1.165) is 13.1 Å². The number of likely N-dealkylation sites (N-methyl/N-ethyl adjacent to an activating group) is 1. The van der Waals surface area contributed by atoms with Gasteiger partial charge in [-0.25, -0.2) is 4.39 Å². The fourth-order valence-electron chi connectivity index (χ4n) is 2.82. The van der Waals surface area contributed by atoms with Crippen molar-refractivity contribution < 1.29 is 14.0 Å². The molecule has 1 saturated heterocycles. The zero-order chi connectivity index (χ0) is 15.7. The van der Waals surface area contributed by atoms with Crippen molar-refractivity contribution in [2.45, 2.75) is 18.9 Å². The third-order valence-corrected chi connectivity index (χ3v) is 4.26. The summed E-state index contributed by atoms with van der Waals surface area (Å²) >= 11 is 0. The number of carbonyl (C=O) groups is 1. The molecule has 1 fully saturated rings. The maximum absolute atomic E-state index is 13.3. The van der Waals surface area contributed by atoms with Crippen molar-refractivity contribution in [3.8, 4) is 0 Å². The van der Waals surface area contributed by atoms with Gasteiger partial charge in [-0.15, -0.1) is 0 Å². The largest absolute Gasteiger partial charge is 0.379 e. The smallest absolute Gasteiger partial charge is 0.269 e. The number of nitrogens with zero attached hydrogens (tertiary/aromatic N) is 3. The highest BCUT2D eigenvalue weighted by molar-refractivity contribution is 6.05. The number of carbonyl (C=O) groups excluding carboxylic acids is 1. The van der Waals surface area contributed by atoms with E-state index in [1.165, 1.54) is 12.1 Å². The standard InChI is InChI=1S/C16H20FN3O2/c1-16(15(21)20-8-6-19(2)7-9-20)11-14(18-22-16)12-4-3-5-13(17)10-12/h3-5,10H,6-9,11H2,1-2H3/t16-/m0/s1. The van der Waals surface area contributed by atoms with E-state index in [-0.39, 0.29) is 11.7 Å². The van der Waals surface area contributed by atoms with Crippen molar-refractivity contribution in [1.29, 1.82) is 0 Å². The molecule has 2 heterocycles. The van der Waals surface area contributed by atoms with Gasteiger partial charge in [0.05, 0.1) is 5.71 Å². The number of benzene rings is 1. The highest BCUT2D eigenvalue weighted by Crippen LogP contribution is 2.29. The van der Waals surface area contributed by atoms with Crippen LogP contribution in [0.15, 0.2) is 29.4 Å². The van der Waals surface area contributed by atoms with Crippen LogP contribution in [0.3, 0.4) is 0 Å². The SMILES string of the molecule is CN1CCN(C(=O)[C@]2(C)CC(c3cccc(F)c3)=NO2)CC1. The summed E-state index contributed by atoms with van der Waals surface area (Å²) in [5, 5.41) is 4.02. The van der Waals surface area contributed by atoms with Gasteiger partial charge in [0, 0.05) is 38.2 Å². The third-order valence-electron chi connectivity index (χ3n) is 4.26. The number of rotatable bonds is 2. The molecule has 22 heavy (non-hydrogen) atoms. The Kier molecular flexibility index (Phi) is 3.87. The second-order valence-electron chi connectivity index (χ2n) is 6.14. The zero-order valence-corrected chi connectivity index (χ0v) is 12.9. The molecule has 0 unspecified atom stereocenters. The van der Waals surface area contributed by atoms with E-state index in [2.05, 4.69) is 10.1 Å². The van der Waals surface area contributed by atoms with Gasteiger partial charge in [-0.05, 0) is 26.1 Å². The van der Waals surface area contributed by atoms with E-state index in [9.17, 15) is 9.18 Å². The average Bonchev–Trinajstić information content (AvgIpc) is 2.91. The number of oxime groups is 1. The first kappa shape index (κ1) is 15.0. The second-order valence-corrected chi connectivity index (χ2v) is 6.14. The van der Waals surface area contributed by atoms with Crippen molar-refractivity contribution in [1.82, 2.24) is 9.80 Å². The Morgan fingerprint density at radius 2 is 2.05 bits per heavy atom. The fourth-order valence-corrected chi connectivity index (χ4v) is 2.82. The summed E-state index contributed by atoms with van der Waals surface area (Å²) in [6, 6.07) is 6.20. The van der Waals surface area contributed by atoms with Crippen molar-refractivity contribution in [3.05, 3.63) is 35.6 Å². The van der Waals surface area contributed by atoms with E-state index >= 15 is 0 Å². The first-order chi connectivity index (χ1) is 10.5. The van der Waals surface area contributed by atoms with E-state index in [1.807, 2.05) is 11.9 Å². The molecule has 0 radical (unpaired) electrons.